The summed E-state index contributed by atoms with van der Waals surface area (Å²) in [5.74, 6) is 24.8. The van der Waals surface area contributed by atoms with Gasteiger partial charge in [0, 0.05) is 60.5 Å². The summed E-state index contributed by atoms with van der Waals surface area (Å²) in [5.41, 5.74) is 1.99. The molecule has 0 aliphatic heterocycles. The van der Waals surface area contributed by atoms with Gasteiger partial charge in [-0.3, -0.25) is 10.1 Å². The zero-order chi connectivity index (χ0) is 22.3. The van der Waals surface area contributed by atoms with E-state index in [1.807, 2.05) is 12.1 Å². The van der Waals surface area contributed by atoms with Crippen LogP contribution in [0.3, 0.4) is 0 Å². The number of anilines is 1. The van der Waals surface area contributed by atoms with Crippen LogP contribution in [0, 0.1) is 81.8 Å². The molecule has 2 rings (SSSR count). The van der Waals surface area contributed by atoms with Gasteiger partial charge in [0.15, 0.2) is 0 Å². The fraction of sp³-hybridized carbons (Fsp3) is 0.0400. The van der Waals surface area contributed by atoms with E-state index >= 15 is 0 Å². The number of benzene rings is 2. The minimum Gasteiger partial charge on any atom is -0.304 e. The van der Waals surface area contributed by atoms with Crippen molar-refractivity contribution in [1.82, 2.24) is 0 Å². The third-order valence-electron chi connectivity index (χ3n) is 3.37. The van der Waals surface area contributed by atoms with Gasteiger partial charge in [0.1, 0.15) is 0 Å². The molecule has 2 aromatic carbocycles. The van der Waals surface area contributed by atoms with Crippen LogP contribution < -0.4 is 4.90 Å². The average molecular weight is 400 g/mol. The molecule has 6 heteroatoms. The van der Waals surface area contributed by atoms with Gasteiger partial charge in [-0.1, -0.05) is 0 Å². The monoisotopic (exact) mass is 400 g/mol. The maximum absolute atomic E-state index is 10.7. The molecule has 144 valence electrons. The number of hydrogen-bond acceptors (Lipinski definition) is 5. The first-order valence-corrected chi connectivity index (χ1v) is 8.56. The first-order valence-electron chi connectivity index (χ1n) is 8.56. The van der Waals surface area contributed by atoms with Gasteiger partial charge in [0.05, 0.1) is 16.3 Å². The molecule has 0 bridgehead atoms. The number of nitro benzene ring substituents is 1. The second kappa shape index (κ2) is 12.1. The van der Waals surface area contributed by atoms with Gasteiger partial charge in [-0.25, -0.2) is 0 Å². The predicted octanol–water partition coefficient (Wildman–Crippen LogP) is 4.05. The van der Waals surface area contributed by atoms with Crippen LogP contribution in [0.25, 0.3) is 0 Å². The summed E-state index contributed by atoms with van der Waals surface area (Å²) in [5, 5.41) is 18.8. The fourth-order valence-corrected chi connectivity index (χ4v) is 1.93. The third-order valence-corrected chi connectivity index (χ3v) is 3.37. The third kappa shape index (κ3) is 8.01. The molecule has 0 radical (unpaired) electrons. The summed E-state index contributed by atoms with van der Waals surface area (Å²) in [6, 6.07) is 15.9. The number of rotatable bonds is 4. The van der Waals surface area contributed by atoms with E-state index in [1.165, 1.54) is 24.3 Å². The number of hydrogen-bond donors (Lipinski definition) is 0. The quantitative estimate of drug-likeness (QED) is 0.256. The van der Waals surface area contributed by atoms with Crippen molar-refractivity contribution in [2.45, 2.75) is 0 Å². The normalized spacial score (nSPS) is 8.26. The van der Waals surface area contributed by atoms with Crippen molar-refractivity contribution in [3.63, 3.8) is 0 Å². The number of nitro groups is 1. The first kappa shape index (κ1) is 21.9. The SMILES string of the molecule is C#CC#CC#CC#CC#CC#CN(C)c1ccc(N=Nc2ccc([N+](=O)[O-])cc2)cc1. The average Bonchev–Trinajstić information content (AvgIpc) is 2.79. The standard InChI is InChI=1S/C25H12N4O2/c1-3-4-5-6-7-8-9-10-11-12-21-28(2)24-17-13-22(14-18-24)26-27-23-15-19-25(20-16-23)29(30)31/h1,13-20H,2H3. The van der Waals surface area contributed by atoms with Crippen LogP contribution in [0.5, 0.6) is 0 Å². The molecule has 31 heavy (non-hydrogen) atoms. The molecule has 0 aromatic heterocycles. The second-order valence-corrected chi connectivity index (χ2v) is 5.43. The van der Waals surface area contributed by atoms with Gasteiger partial charge in [0.2, 0.25) is 0 Å². The summed E-state index contributed by atoms with van der Waals surface area (Å²) < 4.78 is 0. The van der Waals surface area contributed by atoms with Gasteiger partial charge in [-0.05, 0) is 66.0 Å². The van der Waals surface area contributed by atoms with Gasteiger partial charge >= 0.3 is 0 Å². The summed E-state index contributed by atoms with van der Waals surface area (Å²) >= 11 is 0. The van der Waals surface area contributed by atoms with Gasteiger partial charge in [0.25, 0.3) is 5.69 Å². The highest BCUT2D eigenvalue weighted by atomic mass is 16.6. The molecular formula is C25H12N4O2. The van der Waals surface area contributed by atoms with Crippen LogP contribution in [-0.4, -0.2) is 12.0 Å². The van der Waals surface area contributed by atoms with E-state index in [0.717, 1.165) is 5.69 Å². The molecule has 6 nitrogen and oxygen atoms in total. The van der Waals surface area contributed by atoms with Crippen molar-refractivity contribution in [1.29, 1.82) is 0 Å². The topological polar surface area (TPSA) is 71.1 Å². The fourth-order valence-electron chi connectivity index (χ4n) is 1.93. The number of non-ortho nitro benzene ring substituents is 1. The Hall–Kier alpha value is -5.40. The van der Waals surface area contributed by atoms with Crippen molar-refractivity contribution in [2.75, 3.05) is 11.9 Å². The molecule has 0 fully saturated rings. The Morgan fingerprint density at radius 2 is 1.23 bits per heavy atom. The van der Waals surface area contributed by atoms with E-state index in [1.54, 1.807) is 24.1 Å². The van der Waals surface area contributed by atoms with Crippen molar-refractivity contribution in [3.8, 4) is 71.7 Å². The van der Waals surface area contributed by atoms with Crippen molar-refractivity contribution in [3.05, 3.63) is 58.6 Å². The van der Waals surface area contributed by atoms with Crippen LogP contribution in [0.1, 0.15) is 0 Å². The number of azo groups is 1. The van der Waals surface area contributed by atoms with Crippen LogP contribution in [0.4, 0.5) is 22.7 Å². The molecule has 0 N–H and O–H groups in total. The zero-order valence-corrected chi connectivity index (χ0v) is 16.3. The Kier molecular flexibility index (Phi) is 8.57. The molecule has 2 aromatic rings. The Labute approximate surface area is 180 Å². The van der Waals surface area contributed by atoms with Crippen LogP contribution in [0.15, 0.2) is 58.8 Å². The Morgan fingerprint density at radius 1 is 0.774 bits per heavy atom. The van der Waals surface area contributed by atoms with Crippen molar-refractivity contribution >= 4 is 22.7 Å². The summed E-state index contributed by atoms with van der Waals surface area (Å²) in [6.45, 7) is 0. The molecule has 0 spiro atoms. The zero-order valence-electron chi connectivity index (χ0n) is 16.3. The Balaban J connectivity index is 1.95. The van der Waals surface area contributed by atoms with E-state index in [0.29, 0.717) is 11.4 Å². The molecule has 0 aliphatic carbocycles. The second-order valence-electron chi connectivity index (χ2n) is 5.43. The van der Waals surface area contributed by atoms with Crippen molar-refractivity contribution in [2.24, 2.45) is 10.2 Å². The highest BCUT2D eigenvalue weighted by Crippen LogP contribution is 2.23. The smallest absolute Gasteiger partial charge is 0.269 e. The number of nitrogens with zero attached hydrogens (tertiary/aromatic N) is 4. The predicted molar refractivity (Wildman–Crippen MR) is 120 cm³/mol. The van der Waals surface area contributed by atoms with Gasteiger partial charge < -0.3 is 4.90 Å². The molecule has 0 amide bonds. The molecule has 0 saturated carbocycles. The van der Waals surface area contributed by atoms with E-state index in [4.69, 9.17) is 6.42 Å². The highest BCUT2D eigenvalue weighted by molar-refractivity contribution is 5.56. The lowest BCUT2D eigenvalue weighted by Crippen LogP contribution is -2.07. The molecule has 0 saturated heterocycles. The lowest BCUT2D eigenvalue weighted by Gasteiger charge is -2.09. The molecule has 0 aliphatic rings. The van der Waals surface area contributed by atoms with Crippen LogP contribution in [0.2, 0.25) is 0 Å². The summed E-state index contributed by atoms with van der Waals surface area (Å²) in [4.78, 5) is 11.9. The first-order chi connectivity index (χ1) is 15.1. The minimum absolute atomic E-state index is 0.00352. The highest BCUT2D eigenvalue weighted by Gasteiger charge is 2.03. The molecule has 0 heterocycles. The largest absolute Gasteiger partial charge is 0.304 e. The van der Waals surface area contributed by atoms with Gasteiger partial charge in [-0.2, -0.15) is 10.2 Å². The lowest BCUT2D eigenvalue weighted by atomic mass is 10.3. The maximum atomic E-state index is 10.7. The minimum atomic E-state index is -0.466. The van der Waals surface area contributed by atoms with E-state index < -0.39 is 4.92 Å². The molecule has 0 atom stereocenters. The molecule has 0 unspecified atom stereocenters. The van der Waals surface area contributed by atoms with Crippen molar-refractivity contribution < 1.29 is 4.92 Å². The Morgan fingerprint density at radius 3 is 1.71 bits per heavy atom. The van der Waals surface area contributed by atoms with E-state index in [9.17, 15) is 10.1 Å². The van der Waals surface area contributed by atoms with Crippen LogP contribution in [-0.2, 0) is 0 Å². The lowest BCUT2D eigenvalue weighted by molar-refractivity contribution is -0.384. The Bertz CT molecular complexity index is 1340. The van der Waals surface area contributed by atoms with E-state index in [2.05, 4.69) is 75.5 Å². The van der Waals surface area contributed by atoms with E-state index in [-0.39, 0.29) is 5.69 Å². The summed E-state index contributed by atoms with van der Waals surface area (Å²) in [7, 11) is 1.80. The maximum Gasteiger partial charge on any atom is 0.269 e. The van der Waals surface area contributed by atoms with Gasteiger partial charge in [-0.15, -0.1) is 6.42 Å². The molecular weight excluding hydrogens is 388 g/mol. The number of terminal acetylenes is 1. The summed E-state index contributed by atoms with van der Waals surface area (Å²) in [6.07, 6.45) is 4.95. The van der Waals surface area contributed by atoms with Crippen LogP contribution >= 0.6 is 0 Å².